The van der Waals surface area contributed by atoms with Crippen LogP contribution in [-0.4, -0.2) is 38.5 Å². The van der Waals surface area contributed by atoms with Gasteiger partial charge in [-0.15, -0.1) is 21.5 Å². The van der Waals surface area contributed by atoms with Gasteiger partial charge in [0.15, 0.2) is 16.7 Å². The van der Waals surface area contributed by atoms with Crippen LogP contribution in [0.4, 0.5) is 5.00 Å². The first kappa shape index (κ1) is 21.6. The standard InChI is InChI=1S/C21H24N4O4S2/c1-12(2)29-20(27)17-13-7-4-5-9-15(13)31-19(17)22-16(26)11-30-21-24-23-18(25(21)3)14-8-6-10-28-14/h6,8,10,12H,4-5,7,9,11H2,1-3H3,(H,22,26). The van der Waals surface area contributed by atoms with E-state index in [2.05, 4.69) is 15.5 Å². The summed E-state index contributed by atoms with van der Waals surface area (Å²) in [6.07, 6.45) is 5.27. The Labute approximate surface area is 188 Å². The van der Waals surface area contributed by atoms with Crippen molar-refractivity contribution < 1.29 is 18.7 Å². The lowest BCUT2D eigenvalue weighted by atomic mass is 9.95. The SMILES string of the molecule is CC(C)OC(=O)c1c(NC(=O)CSc2nnc(-c3ccco3)n2C)sc2c1CCCC2. The second kappa shape index (κ2) is 9.27. The van der Waals surface area contributed by atoms with Crippen LogP contribution in [0.3, 0.4) is 0 Å². The van der Waals surface area contributed by atoms with Gasteiger partial charge in [-0.3, -0.25) is 4.79 Å². The van der Waals surface area contributed by atoms with E-state index in [9.17, 15) is 9.59 Å². The van der Waals surface area contributed by atoms with Gasteiger partial charge in [-0.05, 0) is 57.2 Å². The maximum Gasteiger partial charge on any atom is 0.341 e. The minimum Gasteiger partial charge on any atom is -0.461 e. The predicted octanol–water partition coefficient (Wildman–Crippen LogP) is 4.31. The highest BCUT2D eigenvalue weighted by atomic mass is 32.2. The van der Waals surface area contributed by atoms with Crippen molar-refractivity contribution in [3.63, 3.8) is 0 Å². The number of hydrogen-bond donors (Lipinski definition) is 1. The fourth-order valence-electron chi connectivity index (χ4n) is 3.50. The van der Waals surface area contributed by atoms with Crippen LogP contribution in [0.2, 0.25) is 0 Å². The molecule has 3 aromatic rings. The van der Waals surface area contributed by atoms with E-state index in [0.29, 0.717) is 27.3 Å². The van der Waals surface area contributed by atoms with Crippen molar-refractivity contribution in [2.45, 2.75) is 50.8 Å². The molecule has 0 atom stereocenters. The Morgan fingerprint density at radius 2 is 2.13 bits per heavy atom. The second-order valence-corrected chi connectivity index (χ2v) is 9.60. The summed E-state index contributed by atoms with van der Waals surface area (Å²) in [7, 11) is 1.82. The number of rotatable bonds is 7. The molecule has 0 saturated heterocycles. The average molecular weight is 461 g/mol. The van der Waals surface area contributed by atoms with Gasteiger partial charge in [-0.2, -0.15) is 0 Å². The number of fused-ring (bicyclic) bond motifs is 1. The molecule has 1 amide bonds. The molecule has 31 heavy (non-hydrogen) atoms. The quantitative estimate of drug-likeness (QED) is 0.414. The number of aromatic nitrogens is 3. The van der Waals surface area contributed by atoms with Gasteiger partial charge >= 0.3 is 5.97 Å². The average Bonchev–Trinajstić information content (AvgIpc) is 3.44. The maximum atomic E-state index is 12.7. The highest BCUT2D eigenvalue weighted by Gasteiger charge is 2.28. The van der Waals surface area contributed by atoms with Crippen LogP contribution in [0.25, 0.3) is 11.6 Å². The molecule has 3 heterocycles. The summed E-state index contributed by atoms with van der Waals surface area (Å²) < 4.78 is 12.6. The summed E-state index contributed by atoms with van der Waals surface area (Å²) in [6.45, 7) is 3.65. The molecule has 0 bridgehead atoms. The fourth-order valence-corrected chi connectivity index (χ4v) is 5.50. The molecule has 3 aromatic heterocycles. The van der Waals surface area contributed by atoms with Crippen LogP contribution in [0, 0.1) is 0 Å². The van der Waals surface area contributed by atoms with E-state index in [4.69, 9.17) is 9.15 Å². The molecular weight excluding hydrogens is 436 g/mol. The van der Waals surface area contributed by atoms with Crippen LogP contribution < -0.4 is 5.32 Å². The maximum absolute atomic E-state index is 12.7. The summed E-state index contributed by atoms with van der Waals surface area (Å²) in [5, 5.41) is 12.4. The molecule has 10 heteroatoms. The molecule has 0 saturated carbocycles. The second-order valence-electron chi connectivity index (χ2n) is 7.55. The van der Waals surface area contributed by atoms with E-state index in [0.717, 1.165) is 31.2 Å². The summed E-state index contributed by atoms with van der Waals surface area (Å²) >= 11 is 2.76. The number of ether oxygens (including phenoxy) is 1. The number of esters is 1. The van der Waals surface area contributed by atoms with Crippen LogP contribution in [0.5, 0.6) is 0 Å². The lowest BCUT2D eigenvalue weighted by Gasteiger charge is -2.14. The summed E-state index contributed by atoms with van der Waals surface area (Å²) in [5.41, 5.74) is 1.55. The molecule has 0 aromatic carbocycles. The predicted molar refractivity (Wildman–Crippen MR) is 120 cm³/mol. The number of thioether (sulfide) groups is 1. The largest absolute Gasteiger partial charge is 0.461 e. The molecule has 1 aliphatic carbocycles. The van der Waals surface area contributed by atoms with Gasteiger partial charge in [0, 0.05) is 11.9 Å². The van der Waals surface area contributed by atoms with Crippen molar-refractivity contribution in [2.75, 3.05) is 11.1 Å². The first-order valence-corrected chi connectivity index (χ1v) is 12.0. The molecule has 0 radical (unpaired) electrons. The Hall–Kier alpha value is -2.59. The van der Waals surface area contributed by atoms with E-state index in [1.807, 2.05) is 27.0 Å². The topological polar surface area (TPSA) is 99.2 Å². The van der Waals surface area contributed by atoms with Crippen molar-refractivity contribution in [1.29, 1.82) is 0 Å². The van der Waals surface area contributed by atoms with Gasteiger partial charge in [0.2, 0.25) is 5.91 Å². The third-order valence-electron chi connectivity index (χ3n) is 4.88. The molecule has 0 spiro atoms. The van der Waals surface area contributed by atoms with Crippen molar-refractivity contribution in [3.05, 3.63) is 34.4 Å². The third kappa shape index (κ3) is 4.69. The smallest absolute Gasteiger partial charge is 0.341 e. The number of carbonyl (C=O) groups excluding carboxylic acids is 2. The van der Waals surface area contributed by atoms with Crippen LogP contribution >= 0.6 is 23.1 Å². The minimum absolute atomic E-state index is 0.144. The molecule has 164 valence electrons. The Morgan fingerprint density at radius 1 is 1.32 bits per heavy atom. The van der Waals surface area contributed by atoms with Gasteiger partial charge < -0.3 is 19.0 Å². The Balaban J connectivity index is 1.46. The molecule has 0 aliphatic heterocycles. The summed E-state index contributed by atoms with van der Waals surface area (Å²) in [6, 6.07) is 3.59. The molecule has 8 nitrogen and oxygen atoms in total. The number of nitrogens with one attached hydrogen (secondary N) is 1. The number of furan rings is 1. The zero-order chi connectivity index (χ0) is 22.0. The first-order valence-electron chi connectivity index (χ1n) is 10.2. The van der Waals surface area contributed by atoms with E-state index >= 15 is 0 Å². The van der Waals surface area contributed by atoms with E-state index < -0.39 is 0 Å². The third-order valence-corrected chi connectivity index (χ3v) is 7.11. The first-order chi connectivity index (χ1) is 14.9. The van der Waals surface area contributed by atoms with Gasteiger partial charge in [-0.25, -0.2) is 4.79 Å². The highest BCUT2D eigenvalue weighted by molar-refractivity contribution is 7.99. The van der Waals surface area contributed by atoms with Gasteiger partial charge in [0.1, 0.15) is 5.00 Å². The Morgan fingerprint density at radius 3 is 2.87 bits per heavy atom. The van der Waals surface area contributed by atoms with Gasteiger partial charge in [0.25, 0.3) is 0 Å². The zero-order valence-electron chi connectivity index (χ0n) is 17.6. The number of amides is 1. The monoisotopic (exact) mass is 460 g/mol. The zero-order valence-corrected chi connectivity index (χ0v) is 19.3. The van der Waals surface area contributed by atoms with Gasteiger partial charge in [-0.1, -0.05) is 11.8 Å². The van der Waals surface area contributed by atoms with Crippen molar-refractivity contribution >= 4 is 40.0 Å². The number of nitrogens with zero attached hydrogens (tertiary/aromatic N) is 3. The van der Waals surface area contributed by atoms with E-state index in [1.54, 1.807) is 16.9 Å². The normalized spacial score (nSPS) is 13.3. The number of carbonyl (C=O) groups is 2. The van der Waals surface area contributed by atoms with Crippen molar-refractivity contribution in [3.8, 4) is 11.6 Å². The molecule has 1 aliphatic rings. The van der Waals surface area contributed by atoms with Crippen LogP contribution in [0.1, 0.15) is 47.5 Å². The molecule has 0 fully saturated rings. The molecule has 1 N–H and O–H groups in total. The van der Waals surface area contributed by atoms with Crippen molar-refractivity contribution in [2.24, 2.45) is 7.05 Å². The Kier molecular flexibility index (Phi) is 6.47. The lowest BCUT2D eigenvalue weighted by Crippen LogP contribution is -2.19. The lowest BCUT2D eigenvalue weighted by molar-refractivity contribution is -0.113. The van der Waals surface area contributed by atoms with Gasteiger partial charge in [0.05, 0.1) is 23.7 Å². The number of anilines is 1. The molecular formula is C21H24N4O4S2. The van der Waals surface area contributed by atoms with E-state index in [-0.39, 0.29) is 23.7 Å². The summed E-state index contributed by atoms with van der Waals surface area (Å²) in [5.74, 6) is 0.783. The Bertz CT molecular complexity index is 1090. The van der Waals surface area contributed by atoms with Crippen molar-refractivity contribution in [1.82, 2.24) is 14.8 Å². The highest BCUT2D eigenvalue weighted by Crippen LogP contribution is 2.39. The minimum atomic E-state index is -0.367. The number of aryl methyl sites for hydroxylation is 1. The number of thiophene rings is 1. The van der Waals surface area contributed by atoms with Crippen LogP contribution in [0.15, 0.2) is 28.0 Å². The van der Waals surface area contributed by atoms with E-state index in [1.165, 1.54) is 28.0 Å². The fraction of sp³-hybridized carbons (Fsp3) is 0.429. The number of hydrogen-bond acceptors (Lipinski definition) is 8. The summed E-state index contributed by atoms with van der Waals surface area (Å²) in [4.78, 5) is 26.6. The molecule has 4 rings (SSSR count). The molecule has 0 unspecified atom stereocenters. The van der Waals surface area contributed by atoms with Crippen LogP contribution in [-0.2, 0) is 29.4 Å².